The van der Waals surface area contributed by atoms with Gasteiger partial charge in [0.2, 0.25) is 5.91 Å². The van der Waals surface area contributed by atoms with Gasteiger partial charge in [0.25, 0.3) is 0 Å². The molecular weight excluding hydrogens is 246 g/mol. The molecule has 0 heterocycles. The molecule has 1 amide bonds. The first-order valence-electron chi connectivity index (χ1n) is 4.91. The van der Waals surface area contributed by atoms with Crippen LogP contribution in [-0.4, -0.2) is 30.6 Å². The van der Waals surface area contributed by atoms with Gasteiger partial charge in [0.15, 0.2) is 0 Å². The van der Waals surface area contributed by atoms with E-state index < -0.39 is 5.97 Å². The Morgan fingerprint density at radius 2 is 2.18 bits per heavy atom. The number of carboxylic acids is 1. The van der Waals surface area contributed by atoms with E-state index in [1.54, 1.807) is 6.07 Å². The van der Waals surface area contributed by atoms with Crippen LogP contribution >= 0.6 is 11.6 Å². The lowest BCUT2D eigenvalue weighted by atomic mass is 10.2. The van der Waals surface area contributed by atoms with Gasteiger partial charge >= 0.3 is 5.97 Å². The molecule has 0 aromatic heterocycles. The van der Waals surface area contributed by atoms with Crippen molar-refractivity contribution < 1.29 is 19.4 Å². The van der Waals surface area contributed by atoms with E-state index in [4.69, 9.17) is 21.4 Å². The van der Waals surface area contributed by atoms with Crippen molar-refractivity contribution in [2.45, 2.75) is 6.42 Å². The standard InChI is InChI=1S/C11H12ClNO4/c1-13-9(14)5-6-17-8-4-2-3-7(12)10(8)11(15)16/h2-4H,5-6H2,1H3,(H,13,14)(H,15,16). The number of hydrogen-bond acceptors (Lipinski definition) is 3. The number of nitrogens with one attached hydrogen (secondary N) is 1. The van der Waals surface area contributed by atoms with Gasteiger partial charge in [-0.1, -0.05) is 17.7 Å². The Kier molecular flexibility index (Phi) is 4.78. The first-order chi connectivity index (χ1) is 8.06. The Morgan fingerprint density at radius 3 is 2.76 bits per heavy atom. The average molecular weight is 258 g/mol. The maximum absolute atomic E-state index is 11.0. The van der Waals surface area contributed by atoms with Gasteiger partial charge in [-0.05, 0) is 12.1 Å². The van der Waals surface area contributed by atoms with Crippen LogP contribution in [0.3, 0.4) is 0 Å². The second-order valence-corrected chi connectivity index (χ2v) is 3.60. The minimum atomic E-state index is -1.16. The van der Waals surface area contributed by atoms with Crippen molar-refractivity contribution in [2.24, 2.45) is 0 Å². The lowest BCUT2D eigenvalue weighted by Gasteiger charge is -2.09. The molecule has 1 aromatic carbocycles. The van der Waals surface area contributed by atoms with E-state index in [-0.39, 0.29) is 35.3 Å². The summed E-state index contributed by atoms with van der Waals surface area (Å²) in [4.78, 5) is 21.9. The molecule has 0 spiro atoms. The Balaban J connectivity index is 2.74. The molecule has 1 rings (SSSR count). The van der Waals surface area contributed by atoms with Crippen LogP contribution in [0.15, 0.2) is 18.2 Å². The minimum absolute atomic E-state index is 0.0916. The molecule has 0 saturated carbocycles. The van der Waals surface area contributed by atoms with Crippen LogP contribution in [-0.2, 0) is 4.79 Å². The van der Waals surface area contributed by atoms with Gasteiger partial charge in [-0.3, -0.25) is 4.79 Å². The number of benzene rings is 1. The van der Waals surface area contributed by atoms with Gasteiger partial charge in [-0.2, -0.15) is 0 Å². The van der Waals surface area contributed by atoms with E-state index in [1.165, 1.54) is 19.2 Å². The number of carboxylic acid groups (broad SMARTS) is 1. The molecule has 17 heavy (non-hydrogen) atoms. The number of ether oxygens (including phenoxy) is 1. The molecule has 0 fully saturated rings. The quantitative estimate of drug-likeness (QED) is 0.839. The van der Waals surface area contributed by atoms with Crippen molar-refractivity contribution in [2.75, 3.05) is 13.7 Å². The maximum atomic E-state index is 11.0. The second-order valence-electron chi connectivity index (χ2n) is 3.19. The van der Waals surface area contributed by atoms with Crippen LogP contribution in [0.1, 0.15) is 16.8 Å². The fraction of sp³-hybridized carbons (Fsp3) is 0.273. The summed E-state index contributed by atoms with van der Waals surface area (Å²) in [6.45, 7) is 0.0975. The fourth-order valence-corrected chi connectivity index (χ4v) is 1.46. The van der Waals surface area contributed by atoms with Crippen LogP contribution in [0.25, 0.3) is 0 Å². The van der Waals surface area contributed by atoms with Crippen LogP contribution in [0.4, 0.5) is 0 Å². The fourth-order valence-electron chi connectivity index (χ4n) is 1.21. The molecule has 92 valence electrons. The zero-order valence-electron chi connectivity index (χ0n) is 9.20. The zero-order chi connectivity index (χ0) is 12.8. The molecule has 0 aliphatic rings. The number of rotatable bonds is 5. The molecule has 6 heteroatoms. The maximum Gasteiger partial charge on any atom is 0.341 e. The third-order valence-electron chi connectivity index (χ3n) is 2.05. The Bertz CT molecular complexity index is 433. The lowest BCUT2D eigenvalue weighted by molar-refractivity contribution is -0.121. The molecule has 0 radical (unpaired) electrons. The molecule has 0 atom stereocenters. The van der Waals surface area contributed by atoms with E-state index in [0.29, 0.717) is 0 Å². The van der Waals surface area contributed by atoms with E-state index in [1.807, 2.05) is 0 Å². The monoisotopic (exact) mass is 257 g/mol. The lowest BCUT2D eigenvalue weighted by Crippen LogP contribution is -2.20. The molecule has 0 unspecified atom stereocenters. The van der Waals surface area contributed by atoms with Gasteiger partial charge < -0.3 is 15.2 Å². The predicted molar refractivity (Wildman–Crippen MR) is 62.6 cm³/mol. The zero-order valence-corrected chi connectivity index (χ0v) is 9.95. The third-order valence-corrected chi connectivity index (χ3v) is 2.37. The minimum Gasteiger partial charge on any atom is -0.492 e. The van der Waals surface area contributed by atoms with Crippen molar-refractivity contribution in [1.82, 2.24) is 5.32 Å². The van der Waals surface area contributed by atoms with Gasteiger partial charge in [-0.15, -0.1) is 0 Å². The number of carbonyl (C=O) groups excluding carboxylic acids is 1. The summed E-state index contributed by atoms with van der Waals surface area (Å²) in [5.74, 6) is -1.18. The highest BCUT2D eigenvalue weighted by Crippen LogP contribution is 2.26. The van der Waals surface area contributed by atoms with E-state index >= 15 is 0 Å². The Morgan fingerprint density at radius 1 is 1.47 bits per heavy atom. The first kappa shape index (κ1) is 13.3. The summed E-state index contributed by atoms with van der Waals surface area (Å²) in [5.41, 5.74) is -0.0916. The van der Waals surface area contributed by atoms with Crippen LogP contribution in [0.2, 0.25) is 5.02 Å². The number of halogens is 1. The molecular formula is C11H12ClNO4. The summed E-state index contributed by atoms with van der Waals surface area (Å²) in [6, 6.07) is 4.56. The number of amides is 1. The van der Waals surface area contributed by atoms with E-state index in [2.05, 4.69) is 5.32 Å². The Hall–Kier alpha value is -1.75. The summed E-state index contributed by atoms with van der Waals surface area (Å²) < 4.78 is 5.23. The van der Waals surface area contributed by atoms with Crippen molar-refractivity contribution in [1.29, 1.82) is 0 Å². The molecule has 0 saturated heterocycles. The summed E-state index contributed by atoms with van der Waals surface area (Å²) in [6.07, 6.45) is 0.155. The highest BCUT2D eigenvalue weighted by molar-refractivity contribution is 6.33. The average Bonchev–Trinajstić information content (AvgIpc) is 2.28. The van der Waals surface area contributed by atoms with E-state index in [9.17, 15) is 9.59 Å². The van der Waals surface area contributed by atoms with Gasteiger partial charge in [0.1, 0.15) is 11.3 Å². The molecule has 0 aliphatic heterocycles. The van der Waals surface area contributed by atoms with Crippen LogP contribution in [0, 0.1) is 0 Å². The highest BCUT2D eigenvalue weighted by atomic mass is 35.5. The van der Waals surface area contributed by atoms with Crippen LogP contribution in [0.5, 0.6) is 5.75 Å². The van der Waals surface area contributed by atoms with Gasteiger partial charge in [-0.25, -0.2) is 4.79 Å². The predicted octanol–water partition coefficient (Wildman–Crippen LogP) is 1.55. The molecule has 0 bridgehead atoms. The van der Waals surface area contributed by atoms with Crippen molar-refractivity contribution >= 4 is 23.5 Å². The third kappa shape index (κ3) is 3.64. The summed E-state index contributed by atoms with van der Waals surface area (Å²) in [7, 11) is 1.52. The molecule has 2 N–H and O–H groups in total. The number of aromatic carboxylic acids is 1. The first-order valence-corrected chi connectivity index (χ1v) is 5.29. The van der Waals surface area contributed by atoms with Crippen molar-refractivity contribution in [3.05, 3.63) is 28.8 Å². The smallest absolute Gasteiger partial charge is 0.341 e. The molecule has 0 aliphatic carbocycles. The highest BCUT2D eigenvalue weighted by Gasteiger charge is 2.15. The van der Waals surface area contributed by atoms with Crippen molar-refractivity contribution in [3.63, 3.8) is 0 Å². The largest absolute Gasteiger partial charge is 0.492 e. The summed E-state index contributed by atoms with van der Waals surface area (Å²) in [5, 5.41) is 11.5. The Labute approximate surface area is 103 Å². The number of hydrogen-bond donors (Lipinski definition) is 2. The normalized spacial score (nSPS) is 9.76. The van der Waals surface area contributed by atoms with Gasteiger partial charge in [0.05, 0.1) is 18.1 Å². The topological polar surface area (TPSA) is 75.6 Å². The second kappa shape index (κ2) is 6.10. The number of carbonyl (C=O) groups is 2. The molecule has 1 aromatic rings. The van der Waals surface area contributed by atoms with E-state index in [0.717, 1.165) is 0 Å². The SMILES string of the molecule is CNC(=O)CCOc1cccc(Cl)c1C(=O)O. The summed E-state index contributed by atoms with van der Waals surface area (Å²) >= 11 is 5.75. The molecule has 5 nitrogen and oxygen atoms in total. The van der Waals surface area contributed by atoms with Crippen molar-refractivity contribution in [3.8, 4) is 5.75 Å². The van der Waals surface area contributed by atoms with Crippen LogP contribution < -0.4 is 10.1 Å². The van der Waals surface area contributed by atoms with Gasteiger partial charge in [0, 0.05) is 7.05 Å².